The van der Waals surface area contributed by atoms with Crippen LogP contribution in [0.25, 0.3) is 0 Å². The lowest BCUT2D eigenvalue weighted by Crippen LogP contribution is -2.19. The minimum Gasteiger partial charge on any atom is -0.301 e. The molecule has 2 fully saturated rings. The van der Waals surface area contributed by atoms with E-state index in [9.17, 15) is 0 Å². The van der Waals surface area contributed by atoms with E-state index in [2.05, 4.69) is 21.7 Å². The summed E-state index contributed by atoms with van der Waals surface area (Å²) in [6.45, 7) is 3.39. The fourth-order valence-corrected chi connectivity index (χ4v) is 3.28. The highest BCUT2D eigenvalue weighted by Gasteiger charge is 2.31. The van der Waals surface area contributed by atoms with Crippen molar-refractivity contribution in [1.82, 2.24) is 14.8 Å². The van der Waals surface area contributed by atoms with Crippen LogP contribution in [0, 0.1) is 11.8 Å². The van der Waals surface area contributed by atoms with Gasteiger partial charge in [-0.3, -0.25) is 0 Å². The molecule has 0 aliphatic heterocycles. The molecule has 4 heteroatoms. The molecule has 94 valence electrons. The topological polar surface area (TPSA) is 30.7 Å². The van der Waals surface area contributed by atoms with E-state index in [4.69, 9.17) is 11.6 Å². The van der Waals surface area contributed by atoms with Crippen LogP contribution in [0.4, 0.5) is 0 Å². The molecule has 1 aromatic heterocycles. The minimum absolute atomic E-state index is 0.588. The molecule has 17 heavy (non-hydrogen) atoms. The quantitative estimate of drug-likeness (QED) is 0.824. The van der Waals surface area contributed by atoms with Crippen LogP contribution in [0.15, 0.2) is 0 Å². The van der Waals surface area contributed by atoms with Crippen LogP contribution in [-0.2, 0) is 6.54 Å². The van der Waals surface area contributed by atoms with Crippen molar-refractivity contribution < 1.29 is 0 Å². The SMILES string of the molecule is CC1CCCC(Cn2c(Cl)nnc2C2CC2)C1. The molecule has 0 amide bonds. The lowest BCUT2D eigenvalue weighted by molar-refractivity contribution is 0.255. The Morgan fingerprint density at radius 2 is 2.06 bits per heavy atom. The van der Waals surface area contributed by atoms with Gasteiger partial charge < -0.3 is 4.57 Å². The van der Waals surface area contributed by atoms with E-state index in [0.29, 0.717) is 11.2 Å². The third-order valence-corrected chi connectivity index (χ3v) is 4.44. The van der Waals surface area contributed by atoms with E-state index in [1.165, 1.54) is 38.5 Å². The molecular weight excluding hydrogens is 234 g/mol. The van der Waals surface area contributed by atoms with Gasteiger partial charge in [-0.15, -0.1) is 10.2 Å². The smallest absolute Gasteiger partial charge is 0.225 e. The molecule has 3 rings (SSSR count). The molecule has 0 spiro atoms. The molecule has 0 saturated heterocycles. The van der Waals surface area contributed by atoms with Gasteiger partial charge in [-0.2, -0.15) is 0 Å². The zero-order valence-corrected chi connectivity index (χ0v) is 11.2. The summed E-state index contributed by atoms with van der Waals surface area (Å²) in [6.07, 6.45) is 7.94. The Morgan fingerprint density at radius 3 is 2.76 bits per heavy atom. The van der Waals surface area contributed by atoms with E-state index in [1.54, 1.807) is 0 Å². The fourth-order valence-electron chi connectivity index (χ4n) is 3.09. The van der Waals surface area contributed by atoms with Crippen LogP contribution in [0.1, 0.15) is 57.2 Å². The van der Waals surface area contributed by atoms with E-state index in [1.807, 2.05) is 0 Å². The number of hydrogen-bond acceptors (Lipinski definition) is 2. The second-order valence-corrected chi connectivity index (χ2v) is 6.19. The number of halogens is 1. The first-order valence-electron chi connectivity index (χ1n) is 6.82. The van der Waals surface area contributed by atoms with Crippen LogP contribution < -0.4 is 0 Å². The van der Waals surface area contributed by atoms with E-state index in [-0.39, 0.29) is 0 Å². The van der Waals surface area contributed by atoms with E-state index in [0.717, 1.165) is 24.2 Å². The summed E-state index contributed by atoms with van der Waals surface area (Å²) >= 11 is 6.16. The average molecular weight is 254 g/mol. The Hall–Kier alpha value is -0.570. The first-order valence-corrected chi connectivity index (χ1v) is 7.20. The molecule has 0 aromatic carbocycles. The van der Waals surface area contributed by atoms with E-state index >= 15 is 0 Å². The monoisotopic (exact) mass is 253 g/mol. The third-order valence-electron chi connectivity index (χ3n) is 4.16. The van der Waals surface area contributed by atoms with Crippen LogP contribution >= 0.6 is 11.6 Å². The maximum atomic E-state index is 6.16. The highest BCUT2D eigenvalue weighted by Crippen LogP contribution is 2.40. The molecule has 2 aliphatic rings. The van der Waals surface area contributed by atoms with Gasteiger partial charge in [-0.1, -0.05) is 19.8 Å². The predicted molar refractivity (Wildman–Crippen MR) is 68.1 cm³/mol. The van der Waals surface area contributed by atoms with Gasteiger partial charge in [0, 0.05) is 12.5 Å². The molecule has 2 aliphatic carbocycles. The van der Waals surface area contributed by atoms with Crippen molar-refractivity contribution in [3.63, 3.8) is 0 Å². The molecule has 1 heterocycles. The lowest BCUT2D eigenvalue weighted by Gasteiger charge is -2.27. The van der Waals surface area contributed by atoms with Gasteiger partial charge in [0.05, 0.1) is 0 Å². The largest absolute Gasteiger partial charge is 0.301 e. The normalized spacial score (nSPS) is 29.5. The Labute approximate surface area is 108 Å². The van der Waals surface area contributed by atoms with Crippen LogP contribution in [0.5, 0.6) is 0 Å². The summed E-state index contributed by atoms with van der Waals surface area (Å²) in [5, 5.41) is 8.87. The molecule has 2 atom stereocenters. The van der Waals surface area contributed by atoms with Crippen molar-refractivity contribution >= 4 is 11.6 Å². The van der Waals surface area contributed by atoms with Crippen LogP contribution in [0.3, 0.4) is 0 Å². The number of aromatic nitrogens is 3. The average Bonchev–Trinajstić information content (AvgIpc) is 3.07. The second-order valence-electron chi connectivity index (χ2n) is 5.85. The first-order chi connectivity index (χ1) is 8.24. The maximum Gasteiger partial charge on any atom is 0.225 e. The van der Waals surface area contributed by atoms with Crippen molar-refractivity contribution in [2.45, 2.75) is 57.9 Å². The van der Waals surface area contributed by atoms with E-state index < -0.39 is 0 Å². The lowest BCUT2D eigenvalue weighted by atomic mass is 9.82. The third kappa shape index (κ3) is 2.49. The van der Waals surface area contributed by atoms with Gasteiger partial charge >= 0.3 is 0 Å². The Kier molecular flexibility index (Phi) is 3.12. The highest BCUT2D eigenvalue weighted by atomic mass is 35.5. The van der Waals surface area contributed by atoms with Gasteiger partial charge in [0.2, 0.25) is 5.28 Å². The Balaban J connectivity index is 1.73. The molecule has 1 aromatic rings. The van der Waals surface area contributed by atoms with Crippen molar-refractivity contribution in [3.05, 3.63) is 11.1 Å². The summed E-state index contributed by atoms with van der Waals surface area (Å²) in [4.78, 5) is 0. The predicted octanol–water partition coefficient (Wildman–Crippen LogP) is 3.64. The Morgan fingerprint density at radius 1 is 1.24 bits per heavy atom. The van der Waals surface area contributed by atoms with Crippen molar-refractivity contribution in [1.29, 1.82) is 0 Å². The molecule has 0 N–H and O–H groups in total. The zero-order valence-electron chi connectivity index (χ0n) is 10.4. The van der Waals surface area contributed by atoms with Gasteiger partial charge in [0.1, 0.15) is 5.82 Å². The second kappa shape index (κ2) is 4.60. The van der Waals surface area contributed by atoms with Gasteiger partial charge in [0.15, 0.2) is 0 Å². The maximum absolute atomic E-state index is 6.16. The van der Waals surface area contributed by atoms with Crippen molar-refractivity contribution in [2.75, 3.05) is 0 Å². The standard InChI is InChI=1S/C13H20ClN3/c1-9-3-2-4-10(7-9)8-17-12(11-5-6-11)15-16-13(17)14/h9-11H,2-8H2,1H3. The number of rotatable bonds is 3. The molecule has 3 nitrogen and oxygen atoms in total. The number of nitrogens with zero attached hydrogens (tertiary/aromatic N) is 3. The highest BCUT2D eigenvalue weighted by molar-refractivity contribution is 6.28. The van der Waals surface area contributed by atoms with Crippen molar-refractivity contribution in [2.24, 2.45) is 11.8 Å². The summed E-state index contributed by atoms with van der Waals surface area (Å²) in [6, 6.07) is 0. The van der Waals surface area contributed by atoms with Crippen LogP contribution in [0.2, 0.25) is 5.28 Å². The van der Waals surface area contributed by atoms with Crippen molar-refractivity contribution in [3.8, 4) is 0 Å². The zero-order chi connectivity index (χ0) is 11.8. The summed E-state index contributed by atoms with van der Waals surface area (Å²) < 4.78 is 2.17. The Bertz CT molecular complexity index is 397. The summed E-state index contributed by atoms with van der Waals surface area (Å²) in [5.41, 5.74) is 0. The molecule has 2 saturated carbocycles. The molecular formula is C13H20ClN3. The van der Waals surface area contributed by atoms with Gasteiger partial charge in [-0.05, 0) is 49.1 Å². The van der Waals surface area contributed by atoms with Gasteiger partial charge in [0.25, 0.3) is 0 Å². The fraction of sp³-hybridized carbons (Fsp3) is 0.846. The summed E-state index contributed by atoms with van der Waals surface area (Å²) in [5.74, 6) is 3.40. The molecule has 2 unspecified atom stereocenters. The molecule has 0 bridgehead atoms. The molecule has 0 radical (unpaired) electrons. The van der Waals surface area contributed by atoms with Gasteiger partial charge in [-0.25, -0.2) is 0 Å². The summed E-state index contributed by atoms with van der Waals surface area (Å²) in [7, 11) is 0. The number of hydrogen-bond donors (Lipinski definition) is 0. The minimum atomic E-state index is 0.588. The van der Waals surface area contributed by atoms with Crippen LogP contribution in [-0.4, -0.2) is 14.8 Å². The first kappa shape index (κ1) is 11.5.